The van der Waals surface area contributed by atoms with Gasteiger partial charge in [-0.15, -0.1) is 0 Å². The summed E-state index contributed by atoms with van der Waals surface area (Å²) in [5, 5.41) is 9.37. The molecule has 0 saturated carbocycles. The molecule has 0 heterocycles. The Hall–Kier alpha value is -1.16. The molecule has 104 valence electrons. The smallest absolute Gasteiger partial charge is 0.193 e. The van der Waals surface area contributed by atoms with Crippen LogP contribution in [0.4, 0.5) is 0 Å². The Morgan fingerprint density at radius 1 is 1.21 bits per heavy atom. The summed E-state index contributed by atoms with van der Waals surface area (Å²) in [4.78, 5) is 0. The first-order chi connectivity index (χ1) is 9.24. The molecule has 0 bridgehead atoms. The van der Waals surface area contributed by atoms with Gasteiger partial charge in [-0.05, 0) is 24.0 Å². The molecule has 0 aliphatic heterocycles. The van der Waals surface area contributed by atoms with Gasteiger partial charge in [0.2, 0.25) is 0 Å². The van der Waals surface area contributed by atoms with E-state index in [0.717, 1.165) is 30.4 Å². The van der Waals surface area contributed by atoms with Gasteiger partial charge < -0.3 is 14.6 Å². The molecule has 0 aromatic heterocycles. The molecule has 0 amide bonds. The second kappa shape index (κ2) is 6.33. The van der Waals surface area contributed by atoms with Crippen molar-refractivity contribution in [1.82, 2.24) is 0 Å². The van der Waals surface area contributed by atoms with E-state index in [2.05, 4.69) is 31.2 Å². The van der Waals surface area contributed by atoms with E-state index in [1.807, 2.05) is 6.08 Å². The molecule has 1 N–H and O–H groups in total. The van der Waals surface area contributed by atoms with Crippen molar-refractivity contribution in [2.75, 3.05) is 13.7 Å². The monoisotopic (exact) mass is 262 g/mol. The predicted molar refractivity (Wildman–Crippen MR) is 74.8 cm³/mol. The average molecular weight is 262 g/mol. The number of ether oxygens (including phenoxy) is 2. The van der Waals surface area contributed by atoms with Crippen LogP contribution in [0.2, 0.25) is 0 Å². The van der Waals surface area contributed by atoms with Gasteiger partial charge in [-0.1, -0.05) is 37.3 Å². The van der Waals surface area contributed by atoms with Crippen LogP contribution in [0.5, 0.6) is 0 Å². The van der Waals surface area contributed by atoms with E-state index in [0.29, 0.717) is 6.61 Å². The zero-order chi connectivity index (χ0) is 13.7. The first-order valence-corrected chi connectivity index (χ1v) is 6.81. The zero-order valence-electron chi connectivity index (χ0n) is 11.7. The molecule has 1 aromatic rings. The number of benzene rings is 1. The lowest BCUT2D eigenvalue weighted by Crippen LogP contribution is -2.35. The normalized spacial score (nSPS) is 22.6. The van der Waals surface area contributed by atoms with E-state index in [9.17, 15) is 5.11 Å². The highest BCUT2D eigenvalue weighted by Gasteiger charge is 2.38. The minimum Gasteiger partial charge on any atom is -0.392 e. The van der Waals surface area contributed by atoms with Crippen LogP contribution in [-0.4, -0.2) is 24.6 Å². The summed E-state index contributed by atoms with van der Waals surface area (Å²) >= 11 is 0. The number of aliphatic hydroxyl groups is 1. The molecule has 3 heteroatoms. The third-order valence-electron chi connectivity index (χ3n) is 3.76. The van der Waals surface area contributed by atoms with Gasteiger partial charge in [0.25, 0.3) is 0 Å². The highest BCUT2D eigenvalue weighted by molar-refractivity contribution is 5.23. The maximum atomic E-state index is 9.37. The summed E-state index contributed by atoms with van der Waals surface area (Å²) in [6.45, 7) is 2.63. The number of hydrogen-bond donors (Lipinski definition) is 1. The molecule has 1 aliphatic rings. The second-order valence-corrected chi connectivity index (χ2v) is 4.84. The van der Waals surface area contributed by atoms with E-state index in [1.54, 1.807) is 7.11 Å². The highest BCUT2D eigenvalue weighted by Crippen LogP contribution is 2.35. The predicted octanol–water partition coefficient (Wildman–Crippen LogP) is 2.82. The van der Waals surface area contributed by atoms with E-state index >= 15 is 0 Å². The van der Waals surface area contributed by atoms with Gasteiger partial charge >= 0.3 is 0 Å². The number of allylic oxidation sites excluding steroid dienone is 1. The molecule has 19 heavy (non-hydrogen) atoms. The molecule has 2 rings (SSSR count). The van der Waals surface area contributed by atoms with Gasteiger partial charge in [-0.2, -0.15) is 0 Å². The highest BCUT2D eigenvalue weighted by atomic mass is 16.7. The first-order valence-electron chi connectivity index (χ1n) is 6.81. The third kappa shape index (κ3) is 3.06. The van der Waals surface area contributed by atoms with Crippen molar-refractivity contribution in [1.29, 1.82) is 0 Å². The molecule has 1 atom stereocenters. The Kier molecular flexibility index (Phi) is 4.75. The molecule has 1 unspecified atom stereocenters. The minimum absolute atomic E-state index is 0.0113. The SMILES string of the molecule is CCc1ccc(COC2(OC)CCC=C2CO)cc1. The first kappa shape index (κ1) is 14.3. The van der Waals surface area contributed by atoms with E-state index < -0.39 is 5.79 Å². The number of methoxy groups -OCH3 is 1. The fourth-order valence-corrected chi connectivity index (χ4v) is 2.47. The van der Waals surface area contributed by atoms with Crippen molar-refractivity contribution in [3.63, 3.8) is 0 Å². The lowest BCUT2D eigenvalue weighted by Gasteiger charge is -2.30. The van der Waals surface area contributed by atoms with Crippen LogP contribution >= 0.6 is 0 Å². The molecule has 0 fully saturated rings. The second-order valence-electron chi connectivity index (χ2n) is 4.84. The molecule has 0 saturated heterocycles. The molecular formula is C16H22O3. The average Bonchev–Trinajstić information content (AvgIpc) is 2.89. The van der Waals surface area contributed by atoms with Crippen molar-refractivity contribution >= 4 is 0 Å². The standard InChI is InChI=1S/C16H22O3/c1-3-13-6-8-14(9-7-13)12-19-16(18-2)10-4-5-15(16)11-17/h5-9,17H,3-4,10-12H2,1-2H3. The van der Waals surface area contributed by atoms with Gasteiger partial charge in [0.15, 0.2) is 5.79 Å². The van der Waals surface area contributed by atoms with E-state index in [4.69, 9.17) is 9.47 Å². The fraction of sp³-hybridized carbons (Fsp3) is 0.500. The molecular weight excluding hydrogens is 240 g/mol. The van der Waals surface area contributed by atoms with Crippen LogP contribution in [-0.2, 0) is 22.5 Å². The molecule has 1 aliphatic carbocycles. The van der Waals surface area contributed by atoms with Crippen molar-refractivity contribution in [2.45, 2.75) is 38.6 Å². The Morgan fingerprint density at radius 3 is 2.47 bits per heavy atom. The largest absolute Gasteiger partial charge is 0.392 e. The molecule has 0 radical (unpaired) electrons. The maximum Gasteiger partial charge on any atom is 0.193 e. The van der Waals surface area contributed by atoms with Crippen molar-refractivity contribution in [3.05, 3.63) is 47.0 Å². The van der Waals surface area contributed by atoms with Crippen LogP contribution in [0, 0.1) is 0 Å². The van der Waals surface area contributed by atoms with E-state index in [-0.39, 0.29) is 6.61 Å². The summed E-state index contributed by atoms with van der Waals surface area (Å²) in [6.07, 6.45) is 4.70. The summed E-state index contributed by atoms with van der Waals surface area (Å²) in [5.74, 6) is -0.738. The summed E-state index contributed by atoms with van der Waals surface area (Å²) in [5.41, 5.74) is 3.28. The van der Waals surface area contributed by atoms with Crippen LogP contribution in [0.3, 0.4) is 0 Å². The lowest BCUT2D eigenvalue weighted by molar-refractivity contribution is -0.204. The quantitative estimate of drug-likeness (QED) is 0.633. The maximum absolute atomic E-state index is 9.37. The van der Waals surface area contributed by atoms with Crippen LogP contribution in [0.25, 0.3) is 0 Å². The van der Waals surface area contributed by atoms with Gasteiger partial charge in [-0.25, -0.2) is 0 Å². The Morgan fingerprint density at radius 2 is 1.89 bits per heavy atom. The zero-order valence-corrected chi connectivity index (χ0v) is 11.7. The summed E-state index contributed by atoms with van der Waals surface area (Å²) in [6, 6.07) is 8.41. The van der Waals surface area contributed by atoms with Crippen molar-refractivity contribution in [2.24, 2.45) is 0 Å². The summed E-state index contributed by atoms with van der Waals surface area (Å²) in [7, 11) is 1.63. The van der Waals surface area contributed by atoms with Gasteiger partial charge in [-0.3, -0.25) is 0 Å². The van der Waals surface area contributed by atoms with Crippen LogP contribution in [0.1, 0.15) is 30.9 Å². The minimum atomic E-state index is -0.738. The summed E-state index contributed by atoms with van der Waals surface area (Å²) < 4.78 is 11.5. The van der Waals surface area contributed by atoms with Crippen molar-refractivity contribution < 1.29 is 14.6 Å². The van der Waals surface area contributed by atoms with Gasteiger partial charge in [0, 0.05) is 19.1 Å². The Balaban J connectivity index is 2.01. The van der Waals surface area contributed by atoms with E-state index in [1.165, 1.54) is 5.56 Å². The lowest BCUT2D eigenvalue weighted by atomic mass is 10.1. The van der Waals surface area contributed by atoms with Gasteiger partial charge in [0.05, 0.1) is 13.2 Å². The topological polar surface area (TPSA) is 38.7 Å². The van der Waals surface area contributed by atoms with Gasteiger partial charge in [0.1, 0.15) is 0 Å². The molecule has 1 aromatic carbocycles. The number of aliphatic hydroxyl groups excluding tert-OH is 1. The van der Waals surface area contributed by atoms with Crippen LogP contribution in [0.15, 0.2) is 35.9 Å². The number of aryl methyl sites for hydroxylation is 1. The number of hydrogen-bond acceptors (Lipinski definition) is 3. The Labute approximate surface area is 114 Å². The fourth-order valence-electron chi connectivity index (χ4n) is 2.47. The van der Waals surface area contributed by atoms with Crippen LogP contribution < -0.4 is 0 Å². The third-order valence-corrected chi connectivity index (χ3v) is 3.76. The Bertz CT molecular complexity index is 436. The van der Waals surface area contributed by atoms with Crippen molar-refractivity contribution in [3.8, 4) is 0 Å². The molecule has 3 nitrogen and oxygen atoms in total. The number of rotatable bonds is 6. The molecule has 0 spiro atoms.